The number of carbonyl (C=O) groups is 5. The number of aromatic nitrogens is 2. The molecule has 2 aromatic carbocycles. The Labute approximate surface area is 288 Å². The fourth-order valence-corrected chi connectivity index (χ4v) is 5.06. The minimum Gasteiger partial charge on any atom is -0.481 e. The fourth-order valence-electron chi connectivity index (χ4n) is 5.06. The predicted octanol–water partition coefficient (Wildman–Crippen LogP) is 0.921. The van der Waals surface area contributed by atoms with Crippen LogP contribution in [0.15, 0.2) is 63.9 Å². The van der Waals surface area contributed by atoms with Crippen LogP contribution < -0.4 is 32.8 Å². The second-order valence-electron chi connectivity index (χ2n) is 12.7. The quantitative estimate of drug-likeness (QED) is 0.0928. The van der Waals surface area contributed by atoms with Crippen LogP contribution in [-0.4, -0.2) is 80.2 Å². The first-order valence-corrected chi connectivity index (χ1v) is 16.2. The molecule has 0 fully saturated rings. The number of carboxylic acid groups (broad SMARTS) is 1. The van der Waals surface area contributed by atoms with E-state index in [1.807, 2.05) is 13.8 Å². The number of hydrogen-bond acceptors (Lipinski definition) is 10. The van der Waals surface area contributed by atoms with Crippen molar-refractivity contribution < 1.29 is 38.7 Å². The van der Waals surface area contributed by atoms with Gasteiger partial charge in [-0.3, -0.25) is 33.5 Å². The van der Waals surface area contributed by atoms with E-state index in [0.717, 1.165) is 0 Å². The van der Waals surface area contributed by atoms with E-state index in [2.05, 4.69) is 35.9 Å². The van der Waals surface area contributed by atoms with Crippen molar-refractivity contribution in [1.82, 2.24) is 26.1 Å². The van der Waals surface area contributed by atoms with E-state index in [4.69, 9.17) is 10.8 Å². The summed E-state index contributed by atoms with van der Waals surface area (Å²) < 4.78 is 4.54. The Morgan fingerprint density at radius 1 is 0.900 bits per heavy atom. The highest BCUT2D eigenvalue weighted by atomic mass is 16.5. The van der Waals surface area contributed by atoms with Crippen molar-refractivity contribution in [2.24, 2.45) is 17.6 Å². The molecule has 0 aliphatic carbocycles. The lowest BCUT2D eigenvalue weighted by Gasteiger charge is -2.29. The Hall–Kier alpha value is -5.35. The molecule has 5 atom stereocenters. The number of rotatable bonds is 18. The number of aliphatic hydroxyl groups excluding tert-OH is 1. The van der Waals surface area contributed by atoms with Gasteiger partial charge in [-0.2, -0.15) is 0 Å². The van der Waals surface area contributed by atoms with Crippen LogP contribution in [0.2, 0.25) is 0 Å². The average Bonchev–Trinajstić information content (AvgIpc) is 3.51. The molecule has 50 heavy (non-hydrogen) atoms. The van der Waals surface area contributed by atoms with Gasteiger partial charge in [0.2, 0.25) is 17.7 Å². The van der Waals surface area contributed by atoms with E-state index in [1.165, 1.54) is 6.07 Å². The first kappa shape index (κ1) is 39.1. The van der Waals surface area contributed by atoms with Crippen LogP contribution in [0, 0.1) is 11.8 Å². The van der Waals surface area contributed by atoms with Crippen molar-refractivity contribution in [3.63, 3.8) is 0 Å². The molecule has 3 aromatic rings. The van der Waals surface area contributed by atoms with Crippen molar-refractivity contribution >= 4 is 35.3 Å². The van der Waals surface area contributed by atoms with Gasteiger partial charge < -0.3 is 37.2 Å². The lowest BCUT2D eigenvalue weighted by Crippen LogP contribution is -2.59. The third kappa shape index (κ3) is 12.0. The minimum absolute atomic E-state index is 0.0582. The second kappa shape index (κ2) is 18.4. The zero-order valence-electron chi connectivity index (χ0n) is 28.3. The zero-order chi connectivity index (χ0) is 37.0. The number of nitrogens with one attached hydrogen (secondary N) is 5. The number of aliphatic hydroxyl groups is 1. The number of carbonyl (C=O) groups excluding carboxylic acids is 4. The Bertz CT molecular complexity index is 1670. The van der Waals surface area contributed by atoms with Gasteiger partial charge in [0.15, 0.2) is 11.9 Å². The largest absolute Gasteiger partial charge is 0.481 e. The number of aromatic amines is 1. The molecule has 16 heteroatoms. The molecule has 0 bridgehead atoms. The predicted molar refractivity (Wildman–Crippen MR) is 182 cm³/mol. The van der Waals surface area contributed by atoms with Gasteiger partial charge in [-0.1, -0.05) is 75.3 Å². The molecule has 4 amide bonds. The number of carboxylic acids is 1. The molecule has 9 N–H and O–H groups in total. The lowest BCUT2D eigenvalue weighted by molar-refractivity contribution is -0.137. The maximum Gasteiger partial charge on any atom is 0.439 e. The van der Waals surface area contributed by atoms with Crippen LogP contribution >= 0.6 is 0 Å². The number of hydrogen-bond donors (Lipinski definition) is 8. The van der Waals surface area contributed by atoms with Gasteiger partial charge >= 0.3 is 11.7 Å². The van der Waals surface area contributed by atoms with Crippen LogP contribution in [0.25, 0.3) is 11.4 Å². The summed E-state index contributed by atoms with van der Waals surface area (Å²) >= 11 is 0. The molecule has 0 aliphatic heterocycles. The molecule has 0 radical (unpaired) electrons. The van der Waals surface area contributed by atoms with Gasteiger partial charge in [-0.25, -0.2) is 4.79 Å². The summed E-state index contributed by atoms with van der Waals surface area (Å²) in [5.74, 6) is -5.09. The zero-order valence-corrected chi connectivity index (χ0v) is 28.3. The maximum absolute atomic E-state index is 13.8. The molecule has 1 aromatic heterocycles. The maximum atomic E-state index is 13.8. The monoisotopic (exact) mass is 695 g/mol. The topological polar surface area (TPSA) is 259 Å². The number of nitrogens with two attached hydrogens (primary N) is 1. The second-order valence-corrected chi connectivity index (χ2v) is 12.7. The standard InChI is InChI=1S/C34H45N7O9/c1-18(2)15-25(38-32(47)27(19(3)4)39-30(45)23(35)13-14-26(42)43)31(46)37-24(16-20-9-6-5-7-10-20)28(44)33(48)36-22-12-8-11-21(17-22)29-40-34(49)50-41-29/h5-12,17-19,23-25,27-28,44H,13-16,35H2,1-4H3,(H,36,48)(H,37,46)(H,38,47)(H,39,45)(H,42,43)(H,40,41,49). The summed E-state index contributed by atoms with van der Waals surface area (Å²) in [4.78, 5) is 78.0. The van der Waals surface area contributed by atoms with E-state index in [-0.39, 0.29) is 43.1 Å². The van der Waals surface area contributed by atoms with Gasteiger partial charge in [-0.15, -0.1) is 0 Å². The van der Waals surface area contributed by atoms with E-state index in [0.29, 0.717) is 11.1 Å². The van der Waals surface area contributed by atoms with Gasteiger partial charge in [0.05, 0.1) is 12.1 Å². The number of H-pyrrole nitrogens is 1. The number of benzene rings is 2. The van der Waals surface area contributed by atoms with Gasteiger partial charge in [-0.05, 0) is 48.8 Å². The summed E-state index contributed by atoms with van der Waals surface area (Å²) in [6, 6.07) is 10.7. The summed E-state index contributed by atoms with van der Waals surface area (Å²) in [6.07, 6.45) is -1.96. The van der Waals surface area contributed by atoms with Crippen molar-refractivity contribution in [2.45, 2.75) is 83.6 Å². The van der Waals surface area contributed by atoms with Crippen molar-refractivity contribution in [3.8, 4) is 11.4 Å². The molecule has 0 saturated heterocycles. The normalized spacial score (nSPS) is 14.2. The van der Waals surface area contributed by atoms with Crippen LogP contribution in [0.5, 0.6) is 0 Å². The Kier molecular flexibility index (Phi) is 14.4. The third-order valence-corrected chi connectivity index (χ3v) is 7.71. The lowest BCUT2D eigenvalue weighted by atomic mass is 9.97. The summed E-state index contributed by atoms with van der Waals surface area (Å²) in [6.45, 7) is 7.08. The van der Waals surface area contributed by atoms with E-state index < -0.39 is 71.5 Å². The number of anilines is 1. The molecule has 0 aliphatic rings. The van der Waals surface area contributed by atoms with Crippen LogP contribution in [0.4, 0.5) is 5.69 Å². The first-order valence-electron chi connectivity index (χ1n) is 16.2. The van der Waals surface area contributed by atoms with E-state index >= 15 is 0 Å². The summed E-state index contributed by atoms with van der Waals surface area (Å²) in [5.41, 5.74) is 7.26. The van der Waals surface area contributed by atoms with Gasteiger partial charge in [0.1, 0.15) is 12.1 Å². The molecule has 1 heterocycles. The average molecular weight is 696 g/mol. The molecule has 5 unspecified atom stereocenters. The number of aliphatic carboxylic acids is 1. The van der Waals surface area contributed by atoms with Crippen LogP contribution in [-0.2, 0) is 30.4 Å². The first-order chi connectivity index (χ1) is 23.6. The minimum atomic E-state index is -1.75. The number of nitrogens with zero attached hydrogens (tertiary/aromatic N) is 1. The van der Waals surface area contributed by atoms with Crippen molar-refractivity contribution in [3.05, 3.63) is 70.7 Å². The number of amides is 4. The Morgan fingerprint density at radius 2 is 1.60 bits per heavy atom. The van der Waals surface area contributed by atoms with Crippen molar-refractivity contribution in [1.29, 1.82) is 0 Å². The SMILES string of the molecule is CC(C)CC(NC(=O)C(NC(=O)C(N)CCC(=O)O)C(C)C)C(=O)NC(Cc1ccccc1)C(O)C(=O)Nc1cccc(-c2noc(=O)[nH]2)c1. The third-order valence-electron chi connectivity index (χ3n) is 7.71. The molecule has 0 spiro atoms. The smallest absolute Gasteiger partial charge is 0.439 e. The summed E-state index contributed by atoms with van der Waals surface area (Å²) in [7, 11) is 0. The van der Waals surface area contributed by atoms with E-state index in [1.54, 1.807) is 62.4 Å². The molecule has 270 valence electrons. The molecule has 3 rings (SSSR count). The molecular weight excluding hydrogens is 650 g/mol. The highest BCUT2D eigenvalue weighted by Crippen LogP contribution is 2.19. The molecule has 16 nitrogen and oxygen atoms in total. The van der Waals surface area contributed by atoms with E-state index in [9.17, 15) is 33.9 Å². The molecular formula is C34H45N7O9. The Morgan fingerprint density at radius 3 is 2.20 bits per heavy atom. The van der Waals surface area contributed by atoms with Crippen LogP contribution in [0.3, 0.4) is 0 Å². The van der Waals surface area contributed by atoms with Gasteiger partial charge in [0, 0.05) is 17.7 Å². The highest BCUT2D eigenvalue weighted by molar-refractivity contribution is 5.96. The van der Waals surface area contributed by atoms with Crippen LogP contribution in [0.1, 0.15) is 52.5 Å². The van der Waals surface area contributed by atoms with Crippen molar-refractivity contribution in [2.75, 3.05) is 5.32 Å². The summed E-state index contributed by atoms with van der Waals surface area (Å²) in [5, 5.41) is 34.5. The van der Waals surface area contributed by atoms with Gasteiger partial charge in [0.25, 0.3) is 5.91 Å². The fraction of sp³-hybridized carbons (Fsp3) is 0.441. The molecule has 0 saturated carbocycles. The highest BCUT2D eigenvalue weighted by Gasteiger charge is 2.34. The Balaban J connectivity index is 1.79.